The largest absolute Gasteiger partial charge is 0.481 e. The third-order valence-electron chi connectivity index (χ3n) is 3.32. The van der Waals surface area contributed by atoms with Crippen molar-refractivity contribution in [2.75, 3.05) is 13.1 Å². The minimum Gasteiger partial charge on any atom is -0.481 e. The highest BCUT2D eigenvalue weighted by Gasteiger charge is 2.39. The third kappa shape index (κ3) is 1.22. The van der Waals surface area contributed by atoms with Crippen LogP contribution in [0.4, 0.5) is 0 Å². The van der Waals surface area contributed by atoms with Crippen molar-refractivity contribution in [2.24, 2.45) is 17.8 Å². The molecule has 2 fully saturated rings. The number of carboxylic acids is 1. The van der Waals surface area contributed by atoms with E-state index in [9.17, 15) is 4.79 Å². The quantitative estimate of drug-likeness (QED) is 0.607. The van der Waals surface area contributed by atoms with Crippen LogP contribution in [0.5, 0.6) is 0 Å². The molecule has 3 atom stereocenters. The van der Waals surface area contributed by atoms with Gasteiger partial charge in [-0.25, -0.2) is 0 Å². The van der Waals surface area contributed by atoms with Crippen LogP contribution in [0.1, 0.15) is 19.3 Å². The predicted molar refractivity (Wildman–Crippen MR) is 44.8 cm³/mol. The Labute approximate surface area is 72.2 Å². The second kappa shape index (κ2) is 3.05. The normalized spacial score (nSPS) is 40.8. The van der Waals surface area contributed by atoms with Crippen molar-refractivity contribution in [3.8, 4) is 0 Å². The standard InChI is InChI=1S/C9H15NO2/c11-9(12)8-5-10-4-6-2-1-3-7(6)8/h6-8,10H,1-5H2,(H,11,12)/t6-,7-,8?/m1/s1. The van der Waals surface area contributed by atoms with Gasteiger partial charge in [0.25, 0.3) is 0 Å². The molecule has 0 amide bonds. The molecule has 1 heterocycles. The second-order valence-electron chi connectivity index (χ2n) is 3.96. The Balaban J connectivity index is 2.08. The summed E-state index contributed by atoms with van der Waals surface area (Å²) in [6.45, 7) is 1.71. The van der Waals surface area contributed by atoms with E-state index in [2.05, 4.69) is 5.32 Å². The number of fused-ring (bicyclic) bond motifs is 1. The van der Waals surface area contributed by atoms with Gasteiger partial charge < -0.3 is 10.4 Å². The maximum absolute atomic E-state index is 10.9. The Hall–Kier alpha value is -0.570. The second-order valence-corrected chi connectivity index (χ2v) is 3.96. The molecule has 0 aromatic heterocycles. The summed E-state index contributed by atoms with van der Waals surface area (Å²) in [6.07, 6.45) is 3.57. The molecular formula is C9H15NO2. The number of nitrogens with one attached hydrogen (secondary N) is 1. The van der Waals surface area contributed by atoms with Crippen LogP contribution in [-0.4, -0.2) is 24.2 Å². The van der Waals surface area contributed by atoms with Crippen molar-refractivity contribution >= 4 is 5.97 Å². The first-order chi connectivity index (χ1) is 5.79. The van der Waals surface area contributed by atoms with E-state index in [1.807, 2.05) is 0 Å². The molecule has 2 rings (SSSR count). The van der Waals surface area contributed by atoms with Crippen molar-refractivity contribution in [1.82, 2.24) is 5.32 Å². The lowest BCUT2D eigenvalue weighted by molar-refractivity contribution is -0.144. The molecular weight excluding hydrogens is 154 g/mol. The first-order valence-corrected chi connectivity index (χ1v) is 4.72. The van der Waals surface area contributed by atoms with Gasteiger partial charge in [-0.05, 0) is 31.2 Å². The Morgan fingerprint density at radius 3 is 2.92 bits per heavy atom. The highest BCUT2D eigenvalue weighted by molar-refractivity contribution is 5.71. The summed E-state index contributed by atoms with van der Waals surface area (Å²) in [5.41, 5.74) is 0. The zero-order valence-electron chi connectivity index (χ0n) is 7.12. The molecule has 68 valence electrons. The molecule has 0 spiro atoms. The van der Waals surface area contributed by atoms with E-state index in [1.54, 1.807) is 0 Å². The Kier molecular flexibility index (Phi) is 2.05. The molecule has 1 saturated carbocycles. The van der Waals surface area contributed by atoms with Gasteiger partial charge in [0.1, 0.15) is 0 Å². The van der Waals surface area contributed by atoms with Gasteiger partial charge >= 0.3 is 5.97 Å². The van der Waals surface area contributed by atoms with Gasteiger partial charge in [-0.3, -0.25) is 4.79 Å². The molecule has 2 aliphatic rings. The maximum Gasteiger partial charge on any atom is 0.308 e. The summed E-state index contributed by atoms with van der Waals surface area (Å²) < 4.78 is 0. The van der Waals surface area contributed by atoms with E-state index in [0.717, 1.165) is 13.0 Å². The van der Waals surface area contributed by atoms with Crippen molar-refractivity contribution < 1.29 is 9.90 Å². The monoisotopic (exact) mass is 169 g/mol. The molecule has 12 heavy (non-hydrogen) atoms. The van der Waals surface area contributed by atoms with Crippen molar-refractivity contribution in [3.63, 3.8) is 0 Å². The number of hydrogen-bond donors (Lipinski definition) is 2. The molecule has 1 aliphatic carbocycles. The molecule has 0 aromatic rings. The number of carboxylic acid groups (broad SMARTS) is 1. The van der Waals surface area contributed by atoms with Gasteiger partial charge in [0.15, 0.2) is 0 Å². The first-order valence-electron chi connectivity index (χ1n) is 4.72. The van der Waals surface area contributed by atoms with Crippen molar-refractivity contribution in [1.29, 1.82) is 0 Å². The topological polar surface area (TPSA) is 49.3 Å². The van der Waals surface area contributed by atoms with Crippen molar-refractivity contribution in [3.05, 3.63) is 0 Å². The fourth-order valence-electron chi connectivity index (χ4n) is 2.69. The molecule has 0 radical (unpaired) electrons. The number of piperidine rings is 1. The summed E-state index contributed by atoms with van der Waals surface area (Å²) in [4.78, 5) is 10.9. The lowest BCUT2D eigenvalue weighted by atomic mass is 9.81. The summed E-state index contributed by atoms with van der Waals surface area (Å²) >= 11 is 0. The maximum atomic E-state index is 10.9. The molecule has 3 heteroatoms. The highest BCUT2D eigenvalue weighted by Crippen LogP contribution is 2.38. The van der Waals surface area contributed by atoms with Gasteiger partial charge in [0.2, 0.25) is 0 Å². The minimum absolute atomic E-state index is 0.119. The Morgan fingerprint density at radius 2 is 2.17 bits per heavy atom. The lowest BCUT2D eigenvalue weighted by Crippen LogP contribution is -2.44. The van der Waals surface area contributed by atoms with E-state index in [-0.39, 0.29) is 5.92 Å². The van der Waals surface area contributed by atoms with E-state index < -0.39 is 5.97 Å². The van der Waals surface area contributed by atoms with Gasteiger partial charge in [0, 0.05) is 6.54 Å². The van der Waals surface area contributed by atoms with Crippen LogP contribution in [0.3, 0.4) is 0 Å². The van der Waals surface area contributed by atoms with Gasteiger partial charge in [-0.1, -0.05) is 6.42 Å². The molecule has 1 aliphatic heterocycles. The summed E-state index contributed by atoms with van der Waals surface area (Å²) in [5, 5.41) is 12.2. The smallest absolute Gasteiger partial charge is 0.308 e. The van der Waals surface area contributed by atoms with E-state index in [0.29, 0.717) is 18.4 Å². The Morgan fingerprint density at radius 1 is 1.33 bits per heavy atom. The summed E-state index contributed by atoms with van der Waals surface area (Å²) in [6, 6.07) is 0. The van der Waals surface area contributed by atoms with Crippen LogP contribution in [0.2, 0.25) is 0 Å². The van der Waals surface area contributed by atoms with Crippen LogP contribution in [0.25, 0.3) is 0 Å². The molecule has 2 N–H and O–H groups in total. The van der Waals surface area contributed by atoms with E-state index in [1.165, 1.54) is 12.8 Å². The van der Waals surface area contributed by atoms with Gasteiger partial charge in [-0.15, -0.1) is 0 Å². The SMILES string of the molecule is O=C(O)C1CNC[C@H]2CCC[C@@H]12. The average Bonchev–Trinajstić information content (AvgIpc) is 2.49. The fourth-order valence-corrected chi connectivity index (χ4v) is 2.69. The summed E-state index contributed by atoms with van der Waals surface area (Å²) in [7, 11) is 0. The molecule has 1 unspecified atom stereocenters. The number of carbonyl (C=O) groups is 1. The average molecular weight is 169 g/mol. The van der Waals surface area contributed by atoms with Gasteiger partial charge in [-0.2, -0.15) is 0 Å². The Bertz CT molecular complexity index is 193. The van der Waals surface area contributed by atoms with Crippen LogP contribution < -0.4 is 5.32 Å². The van der Waals surface area contributed by atoms with Crippen molar-refractivity contribution in [2.45, 2.75) is 19.3 Å². The highest BCUT2D eigenvalue weighted by atomic mass is 16.4. The van der Waals surface area contributed by atoms with E-state index in [4.69, 9.17) is 5.11 Å². The number of aliphatic carboxylic acids is 1. The number of hydrogen-bond acceptors (Lipinski definition) is 2. The van der Waals surface area contributed by atoms with E-state index >= 15 is 0 Å². The lowest BCUT2D eigenvalue weighted by Gasteiger charge is -2.31. The fraction of sp³-hybridized carbons (Fsp3) is 0.889. The zero-order valence-corrected chi connectivity index (χ0v) is 7.12. The molecule has 0 aromatic carbocycles. The minimum atomic E-state index is -0.612. The first kappa shape index (κ1) is 8.05. The van der Waals surface area contributed by atoms with Crippen LogP contribution in [0.15, 0.2) is 0 Å². The third-order valence-corrected chi connectivity index (χ3v) is 3.32. The molecule has 0 bridgehead atoms. The summed E-state index contributed by atoms with van der Waals surface area (Å²) in [5.74, 6) is 0.369. The molecule has 3 nitrogen and oxygen atoms in total. The zero-order chi connectivity index (χ0) is 8.55. The van der Waals surface area contributed by atoms with Gasteiger partial charge in [0.05, 0.1) is 5.92 Å². The van der Waals surface area contributed by atoms with Crippen LogP contribution >= 0.6 is 0 Å². The number of rotatable bonds is 1. The van der Waals surface area contributed by atoms with Crippen LogP contribution in [0, 0.1) is 17.8 Å². The molecule has 1 saturated heterocycles. The van der Waals surface area contributed by atoms with Crippen LogP contribution in [-0.2, 0) is 4.79 Å². The predicted octanol–water partition coefficient (Wildman–Crippen LogP) is 0.707.